The van der Waals surface area contributed by atoms with E-state index < -0.39 is 6.03 Å². The first-order chi connectivity index (χ1) is 31.6. The van der Waals surface area contributed by atoms with Crippen molar-refractivity contribution >= 4 is 80.5 Å². The standard InChI is InChI=1S/C46H61ClN10O7S/c1-33-11-10-12-37(47)43(33)54-44(60)38-32-48-45(65-38)52-39-31-40(50-34(2)49-39)56-23-21-55(22-24-56)19-7-3-4-8-25-62-27-29-64-30-28-63-26-9-5-6-13-41(58)51-35-14-16-36(17-15-35)57-20-18-42(59)53-46(57)61/h10-12,14-17,31-32H,3-9,13,18-30H2,1-2H3,(H,51,58)(H,54,60)(H,53,59,61)(H,48,49,50,52). The summed E-state index contributed by atoms with van der Waals surface area (Å²) in [6.45, 7) is 12.5. The molecular weight excluding hydrogens is 872 g/mol. The number of nitrogens with one attached hydrogen (secondary N) is 4. The van der Waals surface area contributed by atoms with Crippen LogP contribution in [0.1, 0.15) is 78.8 Å². The summed E-state index contributed by atoms with van der Waals surface area (Å²) in [6, 6.07) is 14.0. The van der Waals surface area contributed by atoms with Gasteiger partial charge < -0.3 is 35.1 Å². The molecule has 350 valence electrons. The van der Waals surface area contributed by atoms with E-state index in [0.29, 0.717) is 89.7 Å². The highest BCUT2D eigenvalue weighted by Crippen LogP contribution is 2.29. The summed E-state index contributed by atoms with van der Waals surface area (Å²) in [7, 11) is 0. The minimum Gasteiger partial charge on any atom is -0.379 e. The van der Waals surface area contributed by atoms with Crippen LogP contribution in [-0.2, 0) is 23.8 Å². The molecule has 65 heavy (non-hydrogen) atoms. The van der Waals surface area contributed by atoms with Gasteiger partial charge in [-0.3, -0.25) is 29.5 Å². The SMILES string of the molecule is Cc1nc(Nc2ncc(C(=O)Nc3c(C)cccc3Cl)s2)cc(N2CCN(CCCCCCOCCOCCOCCCCCC(=O)Nc3ccc(N4CCC(=O)NC4=O)cc3)CC2)n1. The molecule has 0 saturated carbocycles. The van der Waals surface area contributed by atoms with Gasteiger partial charge in [0.25, 0.3) is 5.91 Å². The van der Waals surface area contributed by atoms with Gasteiger partial charge in [0.15, 0.2) is 5.13 Å². The number of carbonyl (C=O) groups excluding carboxylic acids is 4. The number of halogens is 1. The zero-order chi connectivity index (χ0) is 45.8. The van der Waals surface area contributed by atoms with E-state index in [1.54, 1.807) is 36.5 Å². The Morgan fingerprint density at radius 2 is 1.49 bits per heavy atom. The number of aryl methyl sites for hydroxylation is 2. The Morgan fingerprint density at radius 3 is 2.20 bits per heavy atom. The van der Waals surface area contributed by atoms with Crippen molar-refractivity contribution in [1.29, 1.82) is 0 Å². The number of anilines is 6. The van der Waals surface area contributed by atoms with Gasteiger partial charge in [-0.25, -0.2) is 19.7 Å². The number of imide groups is 1. The Kier molecular flexibility index (Phi) is 19.7. The lowest BCUT2D eigenvalue weighted by molar-refractivity contribution is -0.120. The monoisotopic (exact) mass is 932 g/mol. The van der Waals surface area contributed by atoms with Crippen molar-refractivity contribution in [3.63, 3.8) is 0 Å². The number of unbranched alkanes of at least 4 members (excludes halogenated alkanes) is 5. The van der Waals surface area contributed by atoms with E-state index >= 15 is 0 Å². The topological polar surface area (TPSA) is 192 Å². The van der Waals surface area contributed by atoms with E-state index in [2.05, 4.69) is 41.0 Å². The third-order valence-corrected chi connectivity index (χ3v) is 12.1. The van der Waals surface area contributed by atoms with E-state index in [-0.39, 0.29) is 24.1 Å². The molecule has 0 atom stereocenters. The molecule has 5 amide bonds. The van der Waals surface area contributed by atoms with E-state index in [1.165, 1.54) is 22.7 Å². The van der Waals surface area contributed by atoms with Crippen LogP contribution in [0.4, 0.5) is 38.6 Å². The molecule has 4 aromatic rings. The van der Waals surface area contributed by atoms with Gasteiger partial charge in [0, 0.05) is 76.2 Å². The first-order valence-corrected chi connectivity index (χ1v) is 23.7. The Balaban J connectivity index is 0.715. The minimum atomic E-state index is -0.434. The van der Waals surface area contributed by atoms with Crippen molar-refractivity contribution in [2.24, 2.45) is 0 Å². The summed E-state index contributed by atoms with van der Waals surface area (Å²) in [5, 5.41) is 12.4. The molecule has 0 radical (unpaired) electrons. The van der Waals surface area contributed by atoms with Crippen LogP contribution in [0, 0.1) is 13.8 Å². The molecular formula is C46H61ClN10O7S. The Labute approximate surface area is 390 Å². The van der Waals surface area contributed by atoms with Crippen molar-refractivity contribution in [2.45, 2.75) is 71.6 Å². The summed E-state index contributed by atoms with van der Waals surface area (Å²) < 4.78 is 17.1. The third-order valence-electron chi connectivity index (χ3n) is 10.9. The number of hydrogen-bond donors (Lipinski definition) is 4. The number of piperazine rings is 1. The third kappa shape index (κ3) is 16.3. The number of nitrogens with zero attached hydrogens (tertiary/aromatic N) is 6. The maximum atomic E-state index is 12.9. The highest BCUT2D eigenvalue weighted by molar-refractivity contribution is 7.17. The summed E-state index contributed by atoms with van der Waals surface area (Å²) in [5.41, 5.74) is 2.82. The lowest BCUT2D eigenvalue weighted by Gasteiger charge is -2.35. The average molecular weight is 934 g/mol. The van der Waals surface area contributed by atoms with Crippen molar-refractivity contribution in [3.05, 3.63) is 76.0 Å². The molecule has 2 aliphatic rings. The van der Waals surface area contributed by atoms with Gasteiger partial charge in [-0.2, -0.15) is 0 Å². The highest BCUT2D eigenvalue weighted by Gasteiger charge is 2.24. The van der Waals surface area contributed by atoms with Crippen LogP contribution < -0.4 is 31.1 Å². The van der Waals surface area contributed by atoms with E-state index in [1.807, 2.05) is 32.0 Å². The number of aromatic nitrogens is 3. The molecule has 0 spiro atoms. The summed E-state index contributed by atoms with van der Waals surface area (Å²) >= 11 is 7.54. The molecule has 2 aromatic carbocycles. The molecule has 0 bridgehead atoms. The summed E-state index contributed by atoms with van der Waals surface area (Å²) in [4.78, 5) is 69.1. The zero-order valence-electron chi connectivity index (χ0n) is 37.4. The van der Waals surface area contributed by atoms with Crippen LogP contribution in [0.15, 0.2) is 54.7 Å². The minimum absolute atomic E-state index is 0.0567. The maximum Gasteiger partial charge on any atom is 0.328 e. The second-order valence-corrected chi connectivity index (χ2v) is 17.4. The Bertz CT molecular complexity index is 2150. The fraction of sp³-hybridized carbons (Fsp3) is 0.500. The first-order valence-electron chi connectivity index (χ1n) is 22.5. The number of thiazole rings is 1. The highest BCUT2D eigenvalue weighted by atomic mass is 35.5. The van der Waals surface area contributed by atoms with Gasteiger partial charge in [0.05, 0.1) is 43.3 Å². The molecule has 17 nitrogen and oxygen atoms in total. The normalized spacial score (nSPS) is 14.4. The van der Waals surface area contributed by atoms with Crippen LogP contribution in [0.25, 0.3) is 0 Å². The molecule has 2 aromatic heterocycles. The fourth-order valence-electron chi connectivity index (χ4n) is 7.35. The number of benzene rings is 2. The molecule has 19 heteroatoms. The average Bonchev–Trinajstić information content (AvgIpc) is 3.76. The Morgan fingerprint density at radius 1 is 0.800 bits per heavy atom. The van der Waals surface area contributed by atoms with Crippen LogP contribution in [0.2, 0.25) is 5.02 Å². The van der Waals surface area contributed by atoms with Gasteiger partial charge in [-0.05, 0) is 82.0 Å². The fourth-order valence-corrected chi connectivity index (χ4v) is 8.34. The van der Waals surface area contributed by atoms with E-state index in [0.717, 1.165) is 89.2 Å². The number of rotatable bonds is 26. The number of carbonyl (C=O) groups is 4. The molecule has 2 aliphatic heterocycles. The molecule has 2 saturated heterocycles. The van der Waals surface area contributed by atoms with Crippen LogP contribution in [0.3, 0.4) is 0 Å². The van der Waals surface area contributed by atoms with Crippen LogP contribution >= 0.6 is 22.9 Å². The lowest BCUT2D eigenvalue weighted by Crippen LogP contribution is -2.49. The van der Waals surface area contributed by atoms with Gasteiger partial charge in [-0.15, -0.1) is 0 Å². The molecule has 4 N–H and O–H groups in total. The maximum absolute atomic E-state index is 12.9. The predicted molar refractivity (Wildman–Crippen MR) is 255 cm³/mol. The number of ether oxygens (including phenoxy) is 3. The predicted octanol–water partition coefficient (Wildman–Crippen LogP) is 7.58. The van der Waals surface area contributed by atoms with Crippen molar-refractivity contribution in [3.8, 4) is 0 Å². The molecule has 4 heterocycles. The summed E-state index contributed by atoms with van der Waals surface area (Å²) in [6.07, 6.45) is 9.28. The number of urea groups is 1. The van der Waals surface area contributed by atoms with Gasteiger partial charge in [0.2, 0.25) is 11.8 Å². The smallest absolute Gasteiger partial charge is 0.328 e. The van der Waals surface area contributed by atoms with Gasteiger partial charge in [-0.1, -0.05) is 54.3 Å². The second-order valence-electron chi connectivity index (χ2n) is 15.9. The van der Waals surface area contributed by atoms with Gasteiger partial charge in [0.1, 0.15) is 22.3 Å². The van der Waals surface area contributed by atoms with Crippen molar-refractivity contribution in [2.75, 3.05) is 105 Å². The van der Waals surface area contributed by atoms with Crippen LogP contribution in [-0.4, -0.2) is 123 Å². The quantitative estimate of drug-likeness (QED) is 0.0451. The molecule has 6 rings (SSSR count). The Hall–Kier alpha value is -5.24. The molecule has 0 aliphatic carbocycles. The first kappa shape index (κ1) is 49.2. The molecule has 2 fully saturated rings. The number of amides is 5. The van der Waals surface area contributed by atoms with E-state index in [9.17, 15) is 19.2 Å². The zero-order valence-corrected chi connectivity index (χ0v) is 38.9. The molecule has 0 unspecified atom stereocenters. The second kappa shape index (κ2) is 26.0. The number of para-hydroxylation sites is 1. The number of hydrogen-bond acceptors (Lipinski definition) is 14. The van der Waals surface area contributed by atoms with Crippen molar-refractivity contribution in [1.82, 2.24) is 25.2 Å². The van der Waals surface area contributed by atoms with Crippen molar-refractivity contribution < 1.29 is 33.4 Å². The lowest BCUT2D eigenvalue weighted by atomic mass is 10.2. The largest absolute Gasteiger partial charge is 0.379 e. The van der Waals surface area contributed by atoms with Gasteiger partial charge >= 0.3 is 6.03 Å². The summed E-state index contributed by atoms with van der Waals surface area (Å²) in [5.74, 6) is 1.58. The van der Waals surface area contributed by atoms with Crippen LogP contribution in [0.5, 0.6) is 0 Å². The van der Waals surface area contributed by atoms with E-state index in [4.69, 9.17) is 30.8 Å².